The van der Waals surface area contributed by atoms with Crippen molar-refractivity contribution in [2.45, 2.75) is 16.7 Å². The van der Waals surface area contributed by atoms with Crippen LogP contribution in [0.1, 0.15) is 17.3 Å². The van der Waals surface area contributed by atoms with Gasteiger partial charge in [0.1, 0.15) is 0 Å². The van der Waals surface area contributed by atoms with E-state index in [2.05, 4.69) is 4.98 Å². The van der Waals surface area contributed by atoms with E-state index >= 15 is 0 Å². The van der Waals surface area contributed by atoms with Crippen LogP contribution in [-0.2, 0) is 4.74 Å². The Bertz CT molecular complexity index is 528. The predicted molar refractivity (Wildman–Crippen MR) is 70.8 cm³/mol. The van der Waals surface area contributed by atoms with Crippen molar-refractivity contribution >= 4 is 17.7 Å². The number of nitrogens with zero attached hydrogens (tertiary/aromatic N) is 1. The number of rotatable bonds is 4. The van der Waals surface area contributed by atoms with Crippen LogP contribution < -0.4 is 0 Å². The molecule has 4 heteroatoms. The van der Waals surface area contributed by atoms with E-state index in [9.17, 15) is 4.79 Å². The number of hydrogen-bond donors (Lipinski definition) is 0. The standard InChI is InChI=1S/C14H13NO2S/c1-2-17-14(16)12-8-9-15-10-13(12)18-11-6-4-3-5-7-11/h3-10H,2H2,1H3. The summed E-state index contributed by atoms with van der Waals surface area (Å²) >= 11 is 1.51. The van der Waals surface area contributed by atoms with Gasteiger partial charge in [-0.2, -0.15) is 0 Å². The van der Waals surface area contributed by atoms with E-state index in [1.807, 2.05) is 30.3 Å². The summed E-state index contributed by atoms with van der Waals surface area (Å²) in [6.07, 6.45) is 3.28. The fraction of sp³-hybridized carbons (Fsp3) is 0.143. The molecular weight excluding hydrogens is 246 g/mol. The largest absolute Gasteiger partial charge is 0.462 e. The van der Waals surface area contributed by atoms with Crippen molar-refractivity contribution < 1.29 is 9.53 Å². The zero-order chi connectivity index (χ0) is 12.8. The molecule has 1 aromatic heterocycles. The lowest BCUT2D eigenvalue weighted by molar-refractivity contribution is 0.0522. The second-order valence-corrected chi connectivity index (χ2v) is 4.62. The molecule has 0 aliphatic rings. The first-order chi connectivity index (χ1) is 8.81. The molecule has 18 heavy (non-hydrogen) atoms. The van der Waals surface area contributed by atoms with E-state index < -0.39 is 0 Å². The van der Waals surface area contributed by atoms with Gasteiger partial charge in [0.15, 0.2) is 0 Å². The van der Waals surface area contributed by atoms with E-state index in [-0.39, 0.29) is 5.97 Å². The maximum absolute atomic E-state index is 11.8. The van der Waals surface area contributed by atoms with Crippen molar-refractivity contribution in [2.75, 3.05) is 6.61 Å². The van der Waals surface area contributed by atoms with Gasteiger partial charge in [-0.3, -0.25) is 4.98 Å². The highest BCUT2D eigenvalue weighted by molar-refractivity contribution is 7.99. The average Bonchev–Trinajstić information content (AvgIpc) is 2.41. The molecule has 0 bridgehead atoms. The van der Waals surface area contributed by atoms with Gasteiger partial charge in [0.05, 0.1) is 12.2 Å². The summed E-state index contributed by atoms with van der Waals surface area (Å²) < 4.78 is 5.03. The number of ether oxygens (including phenoxy) is 1. The smallest absolute Gasteiger partial charge is 0.339 e. The second kappa shape index (κ2) is 6.21. The van der Waals surface area contributed by atoms with Crippen LogP contribution in [0, 0.1) is 0 Å². The summed E-state index contributed by atoms with van der Waals surface area (Å²) in [5.41, 5.74) is 0.556. The molecular formula is C14H13NO2S. The Hall–Kier alpha value is -1.81. The van der Waals surface area contributed by atoms with Gasteiger partial charge >= 0.3 is 5.97 Å². The Kier molecular flexibility index (Phi) is 4.36. The van der Waals surface area contributed by atoms with Crippen molar-refractivity contribution in [2.24, 2.45) is 0 Å². The molecule has 1 aromatic carbocycles. The topological polar surface area (TPSA) is 39.2 Å². The average molecular weight is 259 g/mol. The van der Waals surface area contributed by atoms with E-state index in [1.165, 1.54) is 11.8 Å². The molecule has 92 valence electrons. The molecule has 0 saturated carbocycles. The molecule has 0 amide bonds. The lowest BCUT2D eigenvalue weighted by Crippen LogP contribution is -2.06. The highest BCUT2D eigenvalue weighted by Gasteiger charge is 2.13. The summed E-state index contributed by atoms with van der Waals surface area (Å²) in [4.78, 5) is 17.7. The van der Waals surface area contributed by atoms with Gasteiger partial charge in [0.25, 0.3) is 0 Å². The Labute approximate surface area is 110 Å². The molecule has 0 N–H and O–H groups in total. The molecule has 0 fully saturated rings. The van der Waals surface area contributed by atoms with Crippen molar-refractivity contribution in [3.63, 3.8) is 0 Å². The van der Waals surface area contributed by atoms with Gasteiger partial charge in [0.2, 0.25) is 0 Å². The summed E-state index contributed by atoms with van der Waals surface area (Å²) in [5, 5.41) is 0. The Morgan fingerprint density at radius 3 is 2.78 bits per heavy atom. The third-order valence-electron chi connectivity index (χ3n) is 2.25. The second-order valence-electron chi connectivity index (χ2n) is 3.51. The lowest BCUT2D eigenvalue weighted by atomic mass is 10.3. The zero-order valence-electron chi connectivity index (χ0n) is 10.00. The Morgan fingerprint density at radius 1 is 1.28 bits per heavy atom. The summed E-state index contributed by atoms with van der Waals surface area (Å²) in [6, 6.07) is 11.5. The van der Waals surface area contributed by atoms with Gasteiger partial charge in [-0.1, -0.05) is 30.0 Å². The van der Waals surface area contributed by atoms with E-state index in [0.29, 0.717) is 12.2 Å². The SMILES string of the molecule is CCOC(=O)c1ccncc1Sc1ccccc1. The number of hydrogen-bond acceptors (Lipinski definition) is 4. The molecule has 3 nitrogen and oxygen atoms in total. The molecule has 0 aliphatic heterocycles. The van der Waals surface area contributed by atoms with Crippen LogP contribution in [0.15, 0.2) is 58.6 Å². The summed E-state index contributed by atoms with van der Waals surface area (Å²) in [7, 11) is 0. The van der Waals surface area contributed by atoms with Gasteiger partial charge in [0, 0.05) is 22.2 Å². The third kappa shape index (κ3) is 3.11. The predicted octanol–water partition coefficient (Wildman–Crippen LogP) is 3.41. The monoisotopic (exact) mass is 259 g/mol. The van der Waals surface area contributed by atoms with Crippen LogP contribution >= 0.6 is 11.8 Å². The molecule has 0 saturated heterocycles. The highest BCUT2D eigenvalue weighted by Crippen LogP contribution is 2.29. The van der Waals surface area contributed by atoms with Crippen LogP contribution in [0.5, 0.6) is 0 Å². The first-order valence-corrected chi connectivity index (χ1v) is 6.47. The van der Waals surface area contributed by atoms with E-state index in [4.69, 9.17) is 4.74 Å². The van der Waals surface area contributed by atoms with E-state index in [0.717, 1.165) is 9.79 Å². The van der Waals surface area contributed by atoms with Gasteiger partial charge in [-0.05, 0) is 25.1 Å². The Morgan fingerprint density at radius 2 is 2.06 bits per heavy atom. The minimum Gasteiger partial charge on any atom is -0.462 e. The normalized spacial score (nSPS) is 10.1. The number of pyridine rings is 1. The van der Waals surface area contributed by atoms with Crippen LogP contribution in [0.4, 0.5) is 0 Å². The maximum Gasteiger partial charge on any atom is 0.339 e. The zero-order valence-corrected chi connectivity index (χ0v) is 10.8. The molecule has 0 aliphatic carbocycles. The third-order valence-corrected chi connectivity index (χ3v) is 3.30. The lowest BCUT2D eigenvalue weighted by Gasteiger charge is -2.07. The first-order valence-electron chi connectivity index (χ1n) is 5.65. The van der Waals surface area contributed by atoms with Crippen LogP contribution in [-0.4, -0.2) is 17.6 Å². The van der Waals surface area contributed by atoms with Gasteiger partial charge in [-0.15, -0.1) is 0 Å². The molecule has 2 aromatic rings. The maximum atomic E-state index is 11.8. The number of carbonyl (C=O) groups excluding carboxylic acids is 1. The van der Waals surface area contributed by atoms with Gasteiger partial charge < -0.3 is 4.74 Å². The first kappa shape index (κ1) is 12.6. The fourth-order valence-electron chi connectivity index (χ4n) is 1.45. The molecule has 0 unspecified atom stereocenters. The van der Waals surface area contributed by atoms with Crippen LogP contribution in [0.25, 0.3) is 0 Å². The van der Waals surface area contributed by atoms with Crippen molar-refractivity contribution in [1.29, 1.82) is 0 Å². The molecule has 0 radical (unpaired) electrons. The molecule has 0 atom stereocenters. The quantitative estimate of drug-likeness (QED) is 0.789. The summed E-state index contributed by atoms with van der Waals surface area (Å²) in [5.74, 6) is -0.307. The van der Waals surface area contributed by atoms with Crippen LogP contribution in [0.2, 0.25) is 0 Å². The number of carbonyl (C=O) groups is 1. The minimum absolute atomic E-state index is 0.307. The van der Waals surface area contributed by atoms with Crippen molar-refractivity contribution in [1.82, 2.24) is 4.98 Å². The van der Waals surface area contributed by atoms with Crippen LogP contribution in [0.3, 0.4) is 0 Å². The van der Waals surface area contributed by atoms with E-state index in [1.54, 1.807) is 25.4 Å². The van der Waals surface area contributed by atoms with Gasteiger partial charge in [-0.25, -0.2) is 4.79 Å². The van der Waals surface area contributed by atoms with Crippen molar-refractivity contribution in [3.8, 4) is 0 Å². The fourth-order valence-corrected chi connectivity index (χ4v) is 2.38. The summed E-state index contributed by atoms with van der Waals surface area (Å²) in [6.45, 7) is 2.17. The number of esters is 1. The Balaban J connectivity index is 2.25. The van der Waals surface area contributed by atoms with Crippen molar-refractivity contribution in [3.05, 3.63) is 54.4 Å². The number of benzene rings is 1. The number of aromatic nitrogens is 1. The molecule has 1 heterocycles. The molecule has 0 spiro atoms. The highest BCUT2D eigenvalue weighted by atomic mass is 32.2. The minimum atomic E-state index is -0.307. The molecule has 2 rings (SSSR count).